The van der Waals surface area contributed by atoms with Gasteiger partial charge in [-0.1, -0.05) is 24.1 Å². The van der Waals surface area contributed by atoms with Gasteiger partial charge < -0.3 is 9.80 Å². The second-order valence-corrected chi connectivity index (χ2v) is 6.46. The number of carbonyl (C=O) groups is 2. The molecule has 0 unspecified atom stereocenters. The maximum Gasteiger partial charge on any atom is 0.253 e. The first kappa shape index (κ1) is 15.1. The maximum absolute atomic E-state index is 12.6. The summed E-state index contributed by atoms with van der Waals surface area (Å²) in [5, 5.41) is 0. The SMILES string of the molecule is Cc1ccc(C(=O)N2CCCN(C(=O)C3CCC3)CC2)cc1. The monoisotopic (exact) mass is 300 g/mol. The minimum atomic E-state index is 0.0814. The van der Waals surface area contributed by atoms with Crippen LogP contribution in [0.2, 0.25) is 0 Å². The van der Waals surface area contributed by atoms with E-state index in [0.29, 0.717) is 19.0 Å². The van der Waals surface area contributed by atoms with Crippen molar-refractivity contribution >= 4 is 11.8 Å². The summed E-state index contributed by atoms with van der Waals surface area (Å²) in [5.41, 5.74) is 1.90. The fourth-order valence-electron chi connectivity index (χ4n) is 3.13. The van der Waals surface area contributed by atoms with Crippen LogP contribution in [0.15, 0.2) is 24.3 Å². The average molecular weight is 300 g/mol. The van der Waals surface area contributed by atoms with E-state index in [1.54, 1.807) is 0 Å². The molecule has 2 amide bonds. The van der Waals surface area contributed by atoms with Crippen molar-refractivity contribution in [3.8, 4) is 0 Å². The third kappa shape index (κ3) is 3.16. The van der Waals surface area contributed by atoms with Crippen molar-refractivity contribution in [2.24, 2.45) is 5.92 Å². The molecular formula is C18H24N2O2. The lowest BCUT2D eigenvalue weighted by Crippen LogP contribution is -2.41. The normalized spacial score (nSPS) is 19.5. The van der Waals surface area contributed by atoms with Crippen molar-refractivity contribution in [2.75, 3.05) is 26.2 Å². The molecule has 0 spiro atoms. The summed E-state index contributed by atoms with van der Waals surface area (Å²) in [4.78, 5) is 28.8. The summed E-state index contributed by atoms with van der Waals surface area (Å²) < 4.78 is 0. The molecule has 1 saturated heterocycles. The van der Waals surface area contributed by atoms with Crippen molar-refractivity contribution in [2.45, 2.75) is 32.6 Å². The second-order valence-electron chi connectivity index (χ2n) is 6.46. The fraction of sp³-hybridized carbons (Fsp3) is 0.556. The van der Waals surface area contributed by atoms with Crippen LogP contribution in [-0.4, -0.2) is 47.8 Å². The van der Waals surface area contributed by atoms with Gasteiger partial charge in [0.2, 0.25) is 5.91 Å². The minimum Gasteiger partial charge on any atom is -0.341 e. The summed E-state index contributed by atoms with van der Waals surface area (Å²) in [5.74, 6) is 0.633. The standard InChI is InChI=1S/C18H24N2O2/c1-14-6-8-16(9-7-14)18(22)20-11-3-10-19(12-13-20)17(21)15-4-2-5-15/h6-9,15H,2-5,10-13H2,1H3. The van der Waals surface area contributed by atoms with E-state index in [9.17, 15) is 9.59 Å². The molecule has 4 heteroatoms. The van der Waals surface area contributed by atoms with Gasteiger partial charge in [0, 0.05) is 37.7 Å². The molecule has 0 atom stereocenters. The molecule has 0 radical (unpaired) electrons. The Hall–Kier alpha value is -1.84. The number of carbonyl (C=O) groups excluding carboxylic acids is 2. The number of rotatable bonds is 2. The molecule has 4 nitrogen and oxygen atoms in total. The lowest BCUT2D eigenvalue weighted by molar-refractivity contribution is -0.138. The Morgan fingerprint density at radius 3 is 2.18 bits per heavy atom. The van der Waals surface area contributed by atoms with Crippen molar-refractivity contribution in [1.29, 1.82) is 0 Å². The van der Waals surface area contributed by atoms with Crippen LogP contribution < -0.4 is 0 Å². The van der Waals surface area contributed by atoms with Crippen LogP contribution in [0, 0.1) is 12.8 Å². The van der Waals surface area contributed by atoms with Gasteiger partial charge in [0.05, 0.1) is 0 Å². The zero-order valence-corrected chi connectivity index (χ0v) is 13.3. The van der Waals surface area contributed by atoms with Gasteiger partial charge >= 0.3 is 0 Å². The van der Waals surface area contributed by atoms with Crippen LogP contribution in [0.3, 0.4) is 0 Å². The number of aryl methyl sites for hydroxylation is 1. The topological polar surface area (TPSA) is 40.6 Å². The number of amides is 2. The Bertz CT molecular complexity index is 549. The van der Waals surface area contributed by atoms with E-state index in [1.807, 2.05) is 41.0 Å². The lowest BCUT2D eigenvalue weighted by atomic mass is 9.84. The quantitative estimate of drug-likeness (QED) is 0.842. The Labute approximate surface area is 132 Å². The van der Waals surface area contributed by atoms with Crippen molar-refractivity contribution in [1.82, 2.24) is 9.80 Å². The van der Waals surface area contributed by atoms with E-state index in [0.717, 1.165) is 43.5 Å². The summed E-state index contributed by atoms with van der Waals surface area (Å²) in [6.07, 6.45) is 4.14. The first-order valence-electron chi connectivity index (χ1n) is 8.30. The highest BCUT2D eigenvalue weighted by molar-refractivity contribution is 5.94. The Morgan fingerprint density at radius 1 is 0.909 bits per heavy atom. The molecular weight excluding hydrogens is 276 g/mol. The van der Waals surface area contributed by atoms with Gasteiger partial charge in [-0.15, -0.1) is 0 Å². The van der Waals surface area contributed by atoms with E-state index in [2.05, 4.69) is 0 Å². The van der Waals surface area contributed by atoms with Gasteiger partial charge in [-0.25, -0.2) is 0 Å². The molecule has 1 aromatic carbocycles. The van der Waals surface area contributed by atoms with Gasteiger partial charge in [-0.2, -0.15) is 0 Å². The average Bonchev–Trinajstić information content (AvgIpc) is 2.71. The van der Waals surface area contributed by atoms with Crippen molar-refractivity contribution in [3.05, 3.63) is 35.4 Å². The molecule has 2 aliphatic rings. The molecule has 118 valence electrons. The summed E-state index contributed by atoms with van der Waals surface area (Å²) in [6.45, 7) is 4.86. The Kier molecular flexibility index (Phi) is 4.46. The number of nitrogens with zero attached hydrogens (tertiary/aromatic N) is 2. The molecule has 3 rings (SSSR count). The maximum atomic E-state index is 12.6. The summed E-state index contributed by atoms with van der Waals surface area (Å²) in [7, 11) is 0. The molecule has 1 heterocycles. The molecule has 0 N–H and O–H groups in total. The first-order valence-corrected chi connectivity index (χ1v) is 8.30. The highest BCUT2D eigenvalue weighted by Crippen LogP contribution is 2.28. The molecule has 0 aromatic heterocycles. The Morgan fingerprint density at radius 2 is 1.55 bits per heavy atom. The van der Waals surface area contributed by atoms with Crippen LogP contribution in [0.5, 0.6) is 0 Å². The third-order valence-electron chi connectivity index (χ3n) is 4.85. The molecule has 22 heavy (non-hydrogen) atoms. The van der Waals surface area contributed by atoms with Gasteiger partial charge in [0.25, 0.3) is 5.91 Å². The zero-order chi connectivity index (χ0) is 15.5. The summed E-state index contributed by atoms with van der Waals surface area (Å²) in [6, 6.07) is 7.72. The van der Waals surface area contributed by atoms with Crippen LogP contribution in [0.4, 0.5) is 0 Å². The van der Waals surface area contributed by atoms with Crippen LogP contribution in [-0.2, 0) is 4.79 Å². The zero-order valence-electron chi connectivity index (χ0n) is 13.3. The molecule has 1 saturated carbocycles. The largest absolute Gasteiger partial charge is 0.341 e. The highest BCUT2D eigenvalue weighted by Gasteiger charge is 2.31. The van der Waals surface area contributed by atoms with E-state index in [1.165, 1.54) is 6.42 Å². The van der Waals surface area contributed by atoms with Crippen LogP contribution >= 0.6 is 0 Å². The molecule has 1 aromatic rings. The molecule has 2 fully saturated rings. The molecule has 1 aliphatic carbocycles. The van der Waals surface area contributed by atoms with E-state index in [-0.39, 0.29) is 11.8 Å². The number of hydrogen-bond acceptors (Lipinski definition) is 2. The smallest absolute Gasteiger partial charge is 0.253 e. The van der Waals surface area contributed by atoms with Gasteiger partial charge in [-0.3, -0.25) is 9.59 Å². The Balaban J connectivity index is 1.60. The number of hydrogen-bond donors (Lipinski definition) is 0. The lowest BCUT2D eigenvalue weighted by Gasteiger charge is -2.31. The third-order valence-corrected chi connectivity index (χ3v) is 4.85. The van der Waals surface area contributed by atoms with Crippen molar-refractivity contribution in [3.63, 3.8) is 0 Å². The van der Waals surface area contributed by atoms with Gasteiger partial charge in [0.15, 0.2) is 0 Å². The van der Waals surface area contributed by atoms with E-state index < -0.39 is 0 Å². The van der Waals surface area contributed by atoms with E-state index >= 15 is 0 Å². The van der Waals surface area contributed by atoms with Crippen LogP contribution in [0.1, 0.15) is 41.6 Å². The predicted molar refractivity (Wildman–Crippen MR) is 85.6 cm³/mol. The van der Waals surface area contributed by atoms with Crippen molar-refractivity contribution < 1.29 is 9.59 Å². The first-order chi connectivity index (χ1) is 10.6. The minimum absolute atomic E-state index is 0.0814. The van der Waals surface area contributed by atoms with E-state index in [4.69, 9.17) is 0 Å². The van der Waals surface area contributed by atoms with Gasteiger partial charge in [-0.05, 0) is 38.3 Å². The summed E-state index contributed by atoms with van der Waals surface area (Å²) >= 11 is 0. The molecule has 0 bridgehead atoms. The predicted octanol–water partition coefficient (Wildman–Crippen LogP) is 2.47. The fourth-order valence-corrected chi connectivity index (χ4v) is 3.13. The number of benzene rings is 1. The highest BCUT2D eigenvalue weighted by atomic mass is 16.2. The second kappa shape index (κ2) is 6.51. The van der Waals surface area contributed by atoms with Gasteiger partial charge in [0.1, 0.15) is 0 Å². The molecule has 1 aliphatic heterocycles. The van der Waals surface area contributed by atoms with Crippen LogP contribution in [0.25, 0.3) is 0 Å².